The van der Waals surface area contributed by atoms with Crippen LogP contribution in [0.5, 0.6) is 5.75 Å². The molecular formula is C25H23N3O2. The van der Waals surface area contributed by atoms with E-state index in [9.17, 15) is 4.79 Å². The predicted molar refractivity (Wildman–Crippen MR) is 120 cm³/mol. The Bertz CT molecular complexity index is 1220. The number of nitrogens with zero attached hydrogens (tertiary/aromatic N) is 2. The highest BCUT2D eigenvalue weighted by atomic mass is 16.5. The van der Waals surface area contributed by atoms with Crippen LogP contribution in [0.3, 0.4) is 0 Å². The van der Waals surface area contributed by atoms with Gasteiger partial charge >= 0.3 is 0 Å². The van der Waals surface area contributed by atoms with E-state index in [1.807, 2.05) is 12.1 Å². The minimum Gasteiger partial charge on any atom is -0.497 e. The van der Waals surface area contributed by atoms with Crippen LogP contribution in [0.1, 0.15) is 27.0 Å². The summed E-state index contributed by atoms with van der Waals surface area (Å²) in [6.45, 7) is 2.90. The van der Waals surface area contributed by atoms with Crippen LogP contribution in [0.2, 0.25) is 0 Å². The number of hydrazone groups is 1. The molecule has 1 amide bonds. The fourth-order valence-electron chi connectivity index (χ4n) is 3.47. The van der Waals surface area contributed by atoms with E-state index in [0.29, 0.717) is 11.3 Å². The van der Waals surface area contributed by atoms with Crippen LogP contribution in [0, 0.1) is 6.92 Å². The Balaban J connectivity index is 1.57. The summed E-state index contributed by atoms with van der Waals surface area (Å²) in [6, 6.07) is 23.5. The van der Waals surface area contributed by atoms with Gasteiger partial charge < -0.3 is 9.30 Å². The van der Waals surface area contributed by atoms with Gasteiger partial charge in [-0.05, 0) is 42.3 Å². The highest BCUT2D eigenvalue weighted by molar-refractivity contribution is 6.00. The molecule has 0 atom stereocenters. The number of aromatic nitrogens is 1. The minimum atomic E-state index is -0.284. The first-order valence-electron chi connectivity index (χ1n) is 9.75. The van der Waals surface area contributed by atoms with Gasteiger partial charge in [0.05, 0.1) is 13.3 Å². The number of hydrogen-bond donors (Lipinski definition) is 1. The Labute approximate surface area is 175 Å². The normalized spacial score (nSPS) is 11.1. The van der Waals surface area contributed by atoms with Crippen LogP contribution >= 0.6 is 0 Å². The van der Waals surface area contributed by atoms with Gasteiger partial charge in [0.1, 0.15) is 5.75 Å². The molecule has 5 nitrogen and oxygen atoms in total. The van der Waals surface area contributed by atoms with Gasteiger partial charge in [0.2, 0.25) is 0 Å². The zero-order valence-electron chi connectivity index (χ0n) is 17.0. The summed E-state index contributed by atoms with van der Waals surface area (Å²) in [5.41, 5.74) is 7.70. The second-order valence-corrected chi connectivity index (χ2v) is 7.09. The first kappa shape index (κ1) is 19.5. The molecule has 4 aromatic rings. The average molecular weight is 397 g/mol. The number of methoxy groups -OCH3 is 1. The summed E-state index contributed by atoms with van der Waals surface area (Å²) >= 11 is 0. The number of para-hydroxylation sites is 1. The molecule has 0 radical (unpaired) electrons. The van der Waals surface area contributed by atoms with E-state index < -0.39 is 0 Å². The Kier molecular flexibility index (Phi) is 5.61. The second kappa shape index (κ2) is 8.66. The van der Waals surface area contributed by atoms with Gasteiger partial charge in [-0.3, -0.25) is 4.79 Å². The van der Waals surface area contributed by atoms with Crippen molar-refractivity contribution in [3.05, 3.63) is 101 Å². The molecule has 4 rings (SSSR count). The highest BCUT2D eigenvalue weighted by Gasteiger charge is 2.09. The molecule has 0 saturated carbocycles. The van der Waals surface area contributed by atoms with Gasteiger partial charge in [0, 0.05) is 34.8 Å². The minimum absolute atomic E-state index is 0.284. The fraction of sp³-hybridized carbons (Fsp3) is 0.120. The van der Waals surface area contributed by atoms with Crippen molar-refractivity contribution < 1.29 is 9.53 Å². The maximum Gasteiger partial charge on any atom is 0.271 e. The first-order chi connectivity index (χ1) is 14.7. The number of nitrogens with one attached hydrogen (secondary N) is 1. The lowest BCUT2D eigenvalue weighted by Crippen LogP contribution is -2.17. The number of benzene rings is 3. The van der Waals surface area contributed by atoms with Crippen molar-refractivity contribution >= 4 is 23.0 Å². The number of hydrogen-bond acceptors (Lipinski definition) is 3. The SMILES string of the molecule is COc1cccc(C(=O)N/N=C\c2cn(Cc3ccccc3C)c3ccccc23)c1. The summed E-state index contributed by atoms with van der Waals surface area (Å²) in [5.74, 6) is 0.347. The Morgan fingerprint density at radius 2 is 1.87 bits per heavy atom. The first-order valence-corrected chi connectivity index (χ1v) is 9.75. The number of amides is 1. The van der Waals surface area contributed by atoms with Crippen molar-refractivity contribution in [2.24, 2.45) is 5.10 Å². The fourth-order valence-corrected chi connectivity index (χ4v) is 3.47. The van der Waals surface area contributed by atoms with E-state index in [1.165, 1.54) is 11.1 Å². The summed E-state index contributed by atoms with van der Waals surface area (Å²) in [5, 5.41) is 5.27. The molecule has 1 aromatic heterocycles. The van der Waals surface area contributed by atoms with Crippen LogP contribution < -0.4 is 10.2 Å². The van der Waals surface area contributed by atoms with Gasteiger partial charge in [0.15, 0.2) is 0 Å². The number of fused-ring (bicyclic) bond motifs is 1. The van der Waals surface area contributed by atoms with E-state index in [4.69, 9.17) is 4.74 Å². The van der Waals surface area contributed by atoms with Crippen molar-refractivity contribution in [3.8, 4) is 5.75 Å². The third-order valence-electron chi connectivity index (χ3n) is 5.12. The van der Waals surface area contributed by atoms with Gasteiger partial charge in [-0.25, -0.2) is 5.43 Å². The maximum absolute atomic E-state index is 12.4. The van der Waals surface area contributed by atoms with Crippen LogP contribution in [0.25, 0.3) is 10.9 Å². The van der Waals surface area contributed by atoms with E-state index in [-0.39, 0.29) is 5.91 Å². The zero-order chi connectivity index (χ0) is 20.9. The topological polar surface area (TPSA) is 55.6 Å². The molecule has 0 aliphatic carbocycles. The van der Waals surface area contributed by atoms with Crippen LogP contribution in [0.4, 0.5) is 0 Å². The zero-order valence-corrected chi connectivity index (χ0v) is 17.0. The molecule has 3 aromatic carbocycles. The number of ether oxygens (including phenoxy) is 1. The van der Waals surface area contributed by atoms with Gasteiger partial charge in [-0.2, -0.15) is 5.10 Å². The standard InChI is InChI=1S/C25H23N3O2/c1-18-8-3-4-9-20(18)16-28-17-21(23-12-5-6-13-24(23)28)15-26-27-25(29)19-10-7-11-22(14-19)30-2/h3-15,17H,16H2,1-2H3,(H,27,29)/b26-15-. The molecule has 0 spiro atoms. The van der Waals surface area contributed by atoms with E-state index in [2.05, 4.69) is 64.6 Å². The molecule has 1 N–H and O–H groups in total. The predicted octanol–water partition coefficient (Wildman–Crippen LogP) is 4.77. The molecule has 0 aliphatic rings. The van der Waals surface area contributed by atoms with Crippen LogP contribution in [0.15, 0.2) is 84.1 Å². The van der Waals surface area contributed by atoms with Crippen LogP contribution in [-0.2, 0) is 6.54 Å². The summed E-state index contributed by atoms with van der Waals surface area (Å²) in [7, 11) is 1.57. The van der Waals surface area contributed by atoms with Crippen molar-refractivity contribution in [2.45, 2.75) is 13.5 Å². The largest absolute Gasteiger partial charge is 0.497 e. The maximum atomic E-state index is 12.4. The van der Waals surface area contributed by atoms with Crippen molar-refractivity contribution in [2.75, 3.05) is 7.11 Å². The monoisotopic (exact) mass is 397 g/mol. The Hall–Kier alpha value is -3.86. The van der Waals surface area contributed by atoms with E-state index in [0.717, 1.165) is 23.0 Å². The quantitative estimate of drug-likeness (QED) is 0.376. The molecule has 30 heavy (non-hydrogen) atoms. The van der Waals surface area contributed by atoms with Crippen molar-refractivity contribution in [1.82, 2.24) is 9.99 Å². The molecule has 0 saturated heterocycles. The third-order valence-corrected chi connectivity index (χ3v) is 5.12. The lowest BCUT2D eigenvalue weighted by Gasteiger charge is -2.08. The molecular weight excluding hydrogens is 374 g/mol. The van der Waals surface area contributed by atoms with Gasteiger partial charge in [-0.15, -0.1) is 0 Å². The summed E-state index contributed by atoms with van der Waals surface area (Å²) in [4.78, 5) is 12.4. The van der Waals surface area contributed by atoms with Crippen molar-refractivity contribution in [3.63, 3.8) is 0 Å². The van der Waals surface area contributed by atoms with E-state index >= 15 is 0 Å². The van der Waals surface area contributed by atoms with Crippen LogP contribution in [-0.4, -0.2) is 23.8 Å². The summed E-state index contributed by atoms with van der Waals surface area (Å²) < 4.78 is 7.38. The number of carbonyl (C=O) groups is 1. The third kappa shape index (κ3) is 4.10. The lowest BCUT2D eigenvalue weighted by molar-refractivity contribution is 0.0955. The average Bonchev–Trinajstić information content (AvgIpc) is 3.13. The summed E-state index contributed by atoms with van der Waals surface area (Å²) in [6.07, 6.45) is 3.76. The van der Waals surface area contributed by atoms with Crippen molar-refractivity contribution in [1.29, 1.82) is 0 Å². The molecule has 0 bridgehead atoms. The molecule has 0 aliphatic heterocycles. The smallest absolute Gasteiger partial charge is 0.271 e. The van der Waals surface area contributed by atoms with E-state index in [1.54, 1.807) is 37.6 Å². The lowest BCUT2D eigenvalue weighted by atomic mass is 10.1. The Morgan fingerprint density at radius 3 is 2.70 bits per heavy atom. The second-order valence-electron chi connectivity index (χ2n) is 7.09. The molecule has 1 heterocycles. The Morgan fingerprint density at radius 1 is 1.07 bits per heavy atom. The highest BCUT2D eigenvalue weighted by Crippen LogP contribution is 2.22. The molecule has 0 unspecified atom stereocenters. The number of rotatable bonds is 6. The molecule has 0 fully saturated rings. The van der Waals surface area contributed by atoms with Gasteiger partial charge in [-0.1, -0.05) is 48.5 Å². The van der Waals surface area contributed by atoms with Gasteiger partial charge in [0.25, 0.3) is 5.91 Å². The number of carbonyl (C=O) groups excluding carboxylic acids is 1. The number of aryl methyl sites for hydroxylation is 1. The molecule has 5 heteroatoms. The molecule has 150 valence electrons.